The van der Waals surface area contributed by atoms with E-state index in [1.807, 2.05) is 0 Å². The van der Waals surface area contributed by atoms with Gasteiger partial charge in [0.05, 0.1) is 0 Å². The smallest absolute Gasteiger partial charge is 0.353 e. The molecule has 0 bridgehead atoms. The molecule has 0 aliphatic carbocycles. The summed E-state index contributed by atoms with van der Waals surface area (Å²) in [5, 5.41) is 9.09. The lowest BCUT2D eigenvalue weighted by molar-refractivity contribution is -0.146. The van der Waals surface area contributed by atoms with Crippen LogP contribution in [0.5, 0.6) is 0 Å². The van der Waals surface area contributed by atoms with E-state index in [2.05, 4.69) is 0 Å². The fourth-order valence-electron chi connectivity index (χ4n) is 1.49. The van der Waals surface area contributed by atoms with Crippen LogP contribution in [0.2, 0.25) is 0 Å². The molecule has 18 heavy (non-hydrogen) atoms. The number of carboxylic acids is 1. The topological polar surface area (TPSA) is 74.7 Å². The van der Waals surface area contributed by atoms with Crippen molar-refractivity contribution >= 4 is 23.9 Å². The van der Waals surface area contributed by atoms with Crippen LogP contribution in [-0.2, 0) is 14.4 Å². The highest BCUT2D eigenvalue weighted by molar-refractivity contribution is 6.05. The highest BCUT2D eigenvalue weighted by atomic mass is 16.4. The summed E-state index contributed by atoms with van der Waals surface area (Å²) in [5.41, 5.74) is 0.239. The molecule has 0 saturated heterocycles. The first-order valence-corrected chi connectivity index (χ1v) is 5.24. The predicted octanol–water partition coefficient (Wildman–Crippen LogP) is 1.51. The largest absolute Gasteiger partial charge is 0.477 e. The summed E-state index contributed by atoms with van der Waals surface area (Å²) in [6.07, 6.45) is 1.28. The maximum atomic E-state index is 11.3. The Morgan fingerprint density at radius 3 is 1.94 bits per heavy atom. The van der Waals surface area contributed by atoms with E-state index in [1.54, 1.807) is 30.3 Å². The first-order chi connectivity index (χ1) is 8.43. The van der Waals surface area contributed by atoms with Crippen LogP contribution in [0.3, 0.4) is 0 Å². The fraction of sp³-hybridized carbons (Fsp3) is 0.154. The zero-order valence-corrected chi connectivity index (χ0v) is 10.1. The Labute approximate surface area is 104 Å². The molecule has 1 aromatic rings. The Kier molecular flexibility index (Phi) is 4.37. The van der Waals surface area contributed by atoms with Gasteiger partial charge in [-0.2, -0.15) is 0 Å². The first kappa shape index (κ1) is 13.6. The number of carboxylic acid groups (broad SMARTS) is 1. The first-order valence-electron chi connectivity index (χ1n) is 5.24. The van der Waals surface area contributed by atoms with Crippen LogP contribution in [0.1, 0.15) is 19.4 Å². The van der Waals surface area contributed by atoms with Crippen molar-refractivity contribution in [2.24, 2.45) is 0 Å². The van der Waals surface area contributed by atoms with Crippen molar-refractivity contribution in [2.75, 3.05) is 0 Å². The number of carbonyl (C=O) groups excluding carboxylic acids is 2. The van der Waals surface area contributed by atoms with Gasteiger partial charge in [0.1, 0.15) is 5.70 Å². The zero-order chi connectivity index (χ0) is 13.7. The van der Waals surface area contributed by atoms with Crippen LogP contribution >= 0.6 is 0 Å². The van der Waals surface area contributed by atoms with E-state index >= 15 is 0 Å². The third-order valence-corrected chi connectivity index (χ3v) is 2.19. The van der Waals surface area contributed by atoms with E-state index in [9.17, 15) is 14.4 Å². The normalized spacial score (nSPS) is 10.9. The van der Waals surface area contributed by atoms with Gasteiger partial charge in [-0.05, 0) is 11.6 Å². The molecule has 0 aromatic heterocycles. The minimum Gasteiger partial charge on any atom is -0.477 e. The van der Waals surface area contributed by atoms with Gasteiger partial charge >= 0.3 is 5.97 Å². The van der Waals surface area contributed by atoms with E-state index in [4.69, 9.17) is 5.11 Å². The second-order valence-electron chi connectivity index (χ2n) is 3.62. The number of carbonyl (C=O) groups is 3. The molecule has 5 nitrogen and oxygen atoms in total. The standard InChI is InChI=1S/C13H13NO4/c1-9(15)14(10(2)16)12(13(17)18)8-11-6-4-3-5-7-11/h3-8H,1-2H3,(H,17,18). The molecule has 94 valence electrons. The summed E-state index contributed by atoms with van der Waals surface area (Å²) < 4.78 is 0. The number of nitrogens with zero attached hydrogens (tertiary/aromatic N) is 1. The van der Waals surface area contributed by atoms with Gasteiger partial charge < -0.3 is 5.11 Å². The van der Waals surface area contributed by atoms with Gasteiger partial charge in [-0.25, -0.2) is 9.69 Å². The maximum absolute atomic E-state index is 11.3. The fourth-order valence-corrected chi connectivity index (χ4v) is 1.49. The number of aliphatic carboxylic acids is 1. The van der Waals surface area contributed by atoms with Crippen molar-refractivity contribution in [3.05, 3.63) is 41.6 Å². The summed E-state index contributed by atoms with van der Waals surface area (Å²) in [7, 11) is 0. The summed E-state index contributed by atoms with van der Waals surface area (Å²) in [4.78, 5) is 34.4. The van der Waals surface area contributed by atoms with Gasteiger partial charge in [-0.3, -0.25) is 9.59 Å². The highest BCUT2D eigenvalue weighted by Crippen LogP contribution is 2.12. The SMILES string of the molecule is CC(=O)N(C(C)=O)C(=Cc1ccccc1)C(=O)O. The Morgan fingerprint density at radius 2 is 1.56 bits per heavy atom. The Morgan fingerprint density at radius 1 is 1.06 bits per heavy atom. The van der Waals surface area contributed by atoms with Crippen molar-refractivity contribution in [3.8, 4) is 0 Å². The minimum atomic E-state index is -1.33. The second-order valence-corrected chi connectivity index (χ2v) is 3.62. The van der Waals surface area contributed by atoms with E-state index in [1.165, 1.54) is 6.08 Å². The predicted molar refractivity (Wildman–Crippen MR) is 65.3 cm³/mol. The van der Waals surface area contributed by atoms with Crippen LogP contribution < -0.4 is 0 Å². The Hall–Kier alpha value is -2.43. The average Bonchev–Trinajstić information content (AvgIpc) is 2.28. The number of hydrogen-bond acceptors (Lipinski definition) is 3. The molecular weight excluding hydrogens is 234 g/mol. The Balaban J connectivity index is 3.25. The van der Waals surface area contributed by atoms with E-state index in [0.717, 1.165) is 13.8 Å². The van der Waals surface area contributed by atoms with Gasteiger partial charge in [0.15, 0.2) is 0 Å². The van der Waals surface area contributed by atoms with Crippen molar-refractivity contribution in [2.45, 2.75) is 13.8 Å². The van der Waals surface area contributed by atoms with Crippen LogP contribution in [-0.4, -0.2) is 27.8 Å². The summed E-state index contributed by atoms with van der Waals surface area (Å²) >= 11 is 0. The molecule has 0 spiro atoms. The number of rotatable bonds is 3. The van der Waals surface area contributed by atoms with Gasteiger partial charge in [-0.15, -0.1) is 0 Å². The molecular formula is C13H13NO4. The molecule has 2 amide bonds. The van der Waals surface area contributed by atoms with Crippen molar-refractivity contribution in [3.63, 3.8) is 0 Å². The molecule has 0 fully saturated rings. The lowest BCUT2D eigenvalue weighted by atomic mass is 10.2. The lowest BCUT2D eigenvalue weighted by Gasteiger charge is -2.17. The quantitative estimate of drug-likeness (QED) is 0.821. The molecule has 1 aromatic carbocycles. The molecule has 0 radical (unpaired) electrons. The molecule has 1 N–H and O–H groups in total. The van der Waals surface area contributed by atoms with Crippen LogP contribution in [0.15, 0.2) is 36.0 Å². The van der Waals surface area contributed by atoms with Gasteiger partial charge in [0.25, 0.3) is 0 Å². The molecule has 0 atom stereocenters. The van der Waals surface area contributed by atoms with Crippen molar-refractivity contribution in [1.82, 2.24) is 4.90 Å². The highest BCUT2D eigenvalue weighted by Gasteiger charge is 2.24. The van der Waals surface area contributed by atoms with E-state index in [0.29, 0.717) is 10.5 Å². The molecule has 0 unspecified atom stereocenters. The summed E-state index contributed by atoms with van der Waals surface area (Å²) in [6, 6.07) is 8.61. The molecule has 0 aliphatic rings. The van der Waals surface area contributed by atoms with Crippen LogP contribution in [0.25, 0.3) is 6.08 Å². The third-order valence-electron chi connectivity index (χ3n) is 2.19. The van der Waals surface area contributed by atoms with Crippen LogP contribution in [0, 0.1) is 0 Å². The van der Waals surface area contributed by atoms with Gasteiger partial charge in [-0.1, -0.05) is 30.3 Å². The lowest BCUT2D eigenvalue weighted by Crippen LogP contribution is -2.35. The van der Waals surface area contributed by atoms with Crippen molar-refractivity contribution < 1.29 is 19.5 Å². The zero-order valence-electron chi connectivity index (χ0n) is 10.1. The number of imide groups is 1. The number of benzene rings is 1. The van der Waals surface area contributed by atoms with E-state index in [-0.39, 0.29) is 5.70 Å². The molecule has 1 rings (SSSR count). The van der Waals surface area contributed by atoms with E-state index < -0.39 is 17.8 Å². The van der Waals surface area contributed by atoms with Gasteiger partial charge in [0, 0.05) is 13.8 Å². The number of amides is 2. The molecule has 0 saturated carbocycles. The average molecular weight is 247 g/mol. The molecule has 5 heteroatoms. The minimum absolute atomic E-state index is 0.360. The second kappa shape index (κ2) is 5.77. The molecule has 0 aliphatic heterocycles. The Bertz CT molecular complexity index is 491. The maximum Gasteiger partial charge on any atom is 0.353 e. The third kappa shape index (κ3) is 3.28. The number of hydrogen-bond donors (Lipinski definition) is 1. The monoisotopic (exact) mass is 247 g/mol. The van der Waals surface area contributed by atoms with Crippen LogP contribution in [0.4, 0.5) is 0 Å². The molecule has 0 heterocycles. The van der Waals surface area contributed by atoms with Gasteiger partial charge in [0.2, 0.25) is 11.8 Å². The van der Waals surface area contributed by atoms with Crippen molar-refractivity contribution in [1.29, 1.82) is 0 Å². The summed E-state index contributed by atoms with van der Waals surface area (Å²) in [6.45, 7) is 2.28. The summed E-state index contributed by atoms with van der Waals surface area (Å²) in [5.74, 6) is -2.59.